The molecule has 8 heteroatoms. The molecule has 0 spiro atoms. The van der Waals surface area contributed by atoms with E-state index in [1.54, 1.807) is 26.0 Å². The first kappa shape index (κ1) is 17.0. The van der Waals surface area contributed by atoms with E-state index in [4.69, 9.17) is 36.3 Å². The van der Waals surface area contributed by atoms with E-state index in [1.165, 1.54) is 0 Å². The zero-order valence-electron chi connectivity index (χ0n) is 13.6. The summed E-state index contributed by atoms with van der Waals surface area (Å²) in [6.07, 6.45) is 0. The average molecular weight is 363 g/mol. The predicted molar refractivity (Wildman–Crippen MR) is 87.6 cm³/mol. The Hall–Kier alpha value is -2.85. The van der Waals surface area contributed by atoms with Gasteiger partial charge in [-0.3, -0.25) is 0 Å². The number of carbonyl (C=O) groups excluding carboxylic acids is 1. The quantitative estimate of drug-likeness (QED) is 0.824. The second-order valence-corrected chi connectivity index (χ2v) is 5.75. The summed E-state index contributed by atoms with van der Waals surface area (Å²) in [6, 6.07) is 5.22. The summed E-state index contributed by atoms with van der Waals surface area (Å²) in [5, 5.41) is 9.86. The highest BCUT2D eigenvalue weighted by Crippen LogP contribution is 2.46. The Morgan fingerprint density at radius 3 is 2.76 bits per heavy atom. The van der Waals surface area contributed by atoms with E-state index in [0.29, 0.717) is 22.1 Å². The minimum atomic E-state index is -0.820. The number of nitrogens with zero attached hydrogens (tertiary/aromatic N) is 1. The molecule has 2 heterocycles. The van der Waals surface area contributed by atoms with Crippen molar-refractivity contribution >= 4 is 17.6 Å². The third-order valence-electron chi connectivity index (χ3n) is 3.90. The summed E-state index contributed by atoms with van der Waals surface area (Å²) < 4.78 is 21.2. The van der Waals surface area contributed by atoms with Gasteiger partial charge in [0.05, 0.1) is 18.1 Å². The largest absolute Gasteiger partial charge is 0.463 e. The summed E-state index contributed by atoms with van der Waals surface area (Å²) in [5.41, 5.74) is 6.59. The molecule has 1 unspecified atom stereocenters. The molecule has 0 bridgehead atoms. The molecule has 2 aliphatic heterocycles. The Kier molecular flexibility index (Phi) is 4.47. The molecule has 0 radical (unpaired) electrons. The molecule has 25 heavy (non-hydrogen) atoms. The molecule has 3 rings (SSSR count). The minimum Gasteiger partial charge on any atom is -0.463 e. The molecule has 0 amide bonds. The second-order valence-electron chi connectivity index (χ2n) is 5.34. The third kappa shape index (κ3) is 2.85. The fourth-order valence-electron chi connectivity index (χ4n) is 2.82. The van der Waals surface area contributed by atoms with Crippen molar-refractivity contribution in [3.05, 3.63) is 45.5 Å². The van der Waals surface area contributed by atoms with Crippen molar-refractivity contribution in [1.82, 2.24) is 0 Å². The van der Waals surface area contributed by atoms with Crippen LogP contribution >= 0.6 is 11.6 Å². The number of ether oxygens (including phenoxy) is 4. The number of hydrogen-bond donors (Lipinski definition) is 1. The normalized spacial score (nSPS) is 18.7. The average Bonchev–Trinajstić information content (AvgIpc) is 3.00. The van der Waals surface area contributed by atoms with E-state index >= 15 is 0 Å². The van der Waals surface area contributed by atoms with Crippen LogP contribution in [0.5, 0.6) is 11.5 Å². The molecule has 0 saturated carbocycles. The smallest absolute Gasteiger partial charge is 0.338 e. The number of benzene rings is 1. The van der Waals surface area contributed by atoms with Crippen molar-refractivity contribution in [1.29, 1.82) is 5.26 Å². The molecular weight excluding hydrogens is 348 g/mol. The van der Waals surface area contributed by atoms with Crippen LogP contribution in [-0.4, -0.2) is 19.4 Å². The first-order valence-corrected chi connectivity index (χ1v) is 7.90. The molecule has 0 saturated heterocycles. The Morgan fingerprint density at radius 1 is 1.44 bits per heavy atom. The lowest BCUT2D eigenvalue weighted by molar-refractivity contribution is -0.139. The fourth-order valence-corrected chi connectivity index (χ4v) is 3.08. The molecule has 1 aromatic carbocycles. The number of fused-ring (bicyclic) bond motifs is 1. The van der Waals surface area contributed by atoms with Crippen molar-refractivity contribution in [3.8, 4) is 17.6 Å². The van der Waals surface area contributed by atoms with Crippen LogP contribution in [0.4, 0.5) is 0 Å². The van der Waals surface area contributed by atoms with Gasteiger partial charge in [0, 0.05) is 11.1 Å². The molecule has 2 aliphatic rings. The highest BCUT2D eigenvalue weighted by Gasteiger charge is 2.38. The van der Waals surface area contributed by atoms with Gasteiger partial charge < -0.3 is 24.7 Å². The van der Waals surface area contributed by atoms with Crippen LogP contribution in [0.25, 0.3) is 0 Å². The van der Waals surface area contributed by atoms with Gasteiger partial charge in [-0.1, -0.05) is 11.6 Å². The predicted octanol–water partition coefficient (Wildman–Crippen LogP) is 2.71. The van der Waals surface area contributed by atoms with E-state index in [2.05, 4.69) is 0 Å². The fraction of sp³-hybridized carbons (Fsp3) is 0.294. The van der Waals surface area contributed by atoms with E-state index in [1.807, 2.05) is 6.07 Å². The highest BCUT2D eigenvalue weighted by atomic mass is 35.5. The van der Waals surface area contributed by atoms with Gasteiger partial charge >= 0.3 is 5.97 Å². The monoisotopic (exact) mass is 362 g/mol. The molecule has 7 nitrogen and oxygen atoms in total. The van der Waals surface area contributed by atoms with Gasteiger partial charge in [-0.2, -0.15) is 5.26 Å². The van der Waals surface area contributed by atoms with Gasteiger partial charge in [-0.15, -0.1) is 0 Å². The number of nitriles is 1. The maximum absolute atomic E-state index is 12.5. The topological polar surface area (TPSA) is 104 Å². The number of allylic oxidation sites excluding steroid dienone is 2. The van der Waals surface area contributed by atoms with Crippen molar-refractivity contribution in [2.45, 2.75) is 19.8 Å². The molecule has 1 aromatic rings. The molecule has 2 N–H and O–H groups in total. The zero-order valence-corrected chi connectivity index (χ0v) is 14.3. The zero-order chi connectivity index (χ0) is 18.1. The van der Waals surface area contributed by atoms with E-state index in [9.17, 15) is 10.1 Å². The second kappa shape index (κ2) is 6.57. The van der Waals surface area contributed by atoms with Crippen LogP contribution in [-0.2, 0) is 14.3 Å². The van der Waals surface area contributed by atoms with E-state index < -0.39 is 11.9 Å². The third-order valence-corrected chi connectivity index (χ3v) is 4.23. The number of carbonyl (C=O) groups is 1. The summed E-state index contributed by atoms with van der Waals surface area (Å²) in [7, 11) is 0. The Balaban J connectivity index is 2.19. The summed E-state index contributed by atoms with van der Waals surface area (Å²) in [4.78, 5) is 12.5. The molecular formula is C17H15ClN2O5. The minimum absolute atomic E-state index is 0.0750. The van der Waals surface area contributed by atoms with Crippen molar-refractivity contribution in [2.75, 3.05) is 13.4 Å². The lowest BCUT2D eigenvalue weighted by atomic mass is 9.83. The summed E-state index contributed by atoms with van der Waals surface area (Å²) in [6.45, 7) is 3.53. The maximum Gasteiger partial charge on any atom is 0.338 e. The van der Waals surface area contributed by atoms with Crippen LogP contribution in [0.15, 0.2) is 34.9 Å². The first-order chi connectivity index (χ1) is 12.0. The van der Waals surface area contributed by atoms with E-state index in [-0.39, 0.29) is 36.2 Å². The van der Waals surface area contributed by atoms with Crippen LogP contribution < -0.4 is 15.2 Å². The molecule has 130 valence electrons. The van der Waals surface area contributed by atoms with Gasteiger partial charge in [-0.25, -0.2) is 4.79 Å². The van der Waals surface area contributed by atoms with Crippen LogP contribution in [0, 0.1) is 11.3 Å². The Labute approximate surface area is 149 Å². The number of halogens is 1. The van der Waals surface area contributed by atoms with Crippen LogP contribution in [0.1, 0.15) is 25.3 Å². The van der Waals surface area contributed by atoms with Crippen molar-refractivity contribution < 1.29 is 23.7 Å². The molecule has 0 aromatic heterocycles. The number of nitrogens with two attached hydrogens (primary N) is 1. The van der Waals surface area contributed by atoms with Gasteiger partial charge in [0.1, 0.15) is 17.4 Å². The lowest BCUT2D eigenvalue weighted by Gasteiger charge is -2.27. The van der Waals surface area contributed by atoms with E-state index in [0.717, 1.165) is 0 Å². The van der Waals surface area contributed by atoms with Gasteiger partial charge in [0.2, 0.25) is 12.7 Å². The lowest BCUT2D eigenvalue weighted by Crippen LogP contribution is -2.25. The van der Waals surface area contributed by atoms with Crippen molar-refractivity contribution in [3.63, 3.8) is 0 Å². The SMILES string of the molecule is CCOC(=O)C1=C(C)OC(N)=C(C#N)C1c1cc2c(cc1Cl)OCO2. The molecule has 1 atom stereocenters. The Bertz CT molecular complexity index is 853. The highest BCUT2D eigenvalue weighted by molar-refractivity contribution is 6.31. The van der Waals surface area contributed by atoms with Gasteiger partial charge in [0.25, 0.3) is 0 Å². The van der Waals surface area contributed by atoms with Crippen LogP contribution in [0.2, 0.25) is 5.02 Å². The molecule has 0 aliphatic carbocycles. The summed E-state index contributed by atoms with van der Waals surface area (Å²) in [5.74, 6) is -0.267. The standard InChI is InChI=1S/C17H15ClN2O5/c1-3-22-17(21)14-8(2)25-16(20)10(6-19)15(14)9-4-12-13(5-11(9)18)24-7-23-12/h4-5,15H,3,7,20H2,1-2H3. The number of esters is 1. The maximum atomic E-state index is 12.5. The van der Waals surface area contributed by atoms with Gasteiger partial charge in [-0.05, 0) is 25.5 Å². The molecule has 0 fully saturated rings. The van der Waals surface area contributed by atoms with Crippen LogP contribution in [0.3, 0.4) is 0 Å². The van der Waals surface area contributed by atoms with Gasteiger partial charge in [0.15, 0.2) is 11.5 Å². The number of rotatable bonds is 3. The van der Waals surface area contributed by atoms with Crippen molar-refractivity contribution in [2.24, 2.45) is 5.73 Å². The number of hydrogen-bond acceptors (Lipinski definition) is 7. The first-order valence-electron chi connectivity index (χ1n) is 7.52. The summed E-state index contributed by atoms with van der Waals surface area (Å²) >= 11 is 6.38. The Morgan fingerprint density at radius 2 is 2.12 bits per heavy atom.